The number of sulfonamides is 1. The Labute approximate surface area is 177 Å². The van der Waals surface area contributed by atoms with Crippen LogP contribution in [0.25, 0.3) is 0 Å². The first-order valence-electron chi connectivity index (χ1n) is 9.62. The first-order chi connectivity index (χ1) is 14.4. The van der Waals surface area contributed by atoms with Gasteiger partial charge in [-0.1, -0.05) is 36.4 Å². The van der Waals surface area contributed by atoms with Crippen molar-refractivity contribution >= 4 is 27.3 Å². The molecule has 1 atom stereocenters. The Balaban J connectivity index is 1.70. The molecule has 0 bridgehead atoms. The van der Waals surface area contributed by atoms with Crippen molar-refractivity contribution in [2.45, 2.75) is 24.8 Å². The van der Waals surface area contributed by atoms with E-state index in [4.69, 9.17) is 4.74 Å². The highest BCUT2D eigenvalue weighted by Crippen LogP contribution is 2.24. The van der Waals surface area contributed by atoms with E-state index in [1.165, 1.54) is 16.4 Å². The van der Waals surface area contributed by atoms with Gasteiger partial charge in [-0.25, -0.2) is 8.42 Å². The summed E-state index contributed by atoms with van der Waals surface area (Å²) in [6.45, 7) is 3.74. The van der Waals surface area contributed by atoms with E-state index in [1.54, 1.807) is 62.4 Å². The molecule has 0 spiro atoms. The van der Waals surface area contributed by atoms with E-state index in [0.717, 1.165) is 0 Å². The molecule has 0 saturated carbocycles. The second kappa shape index (κ2) is 9.45. The standard InChI is InChI=1S/C23H24N2O4S/c1-3-25(20-10-6-4-7-11-20)30(27,28)22-16-14-19(15-17-22)24-23(26)18(2)29-21-12-8-5-9-13-21/h4-18H,3H2,1-2H3,(H,24,26). The van der Waals surface area contributed by atoms with Gasteiger partial charge in [0.15, 0.2) is 6.10 Å². The Kier molecular flexibility index (Phi) is 6.74. The van der Waals surface area contributed by atoms with Crippen LogP contribution < -0.4 is 14.4 Å². The number of nitrogens with zero attached hydrogens (tertiary/aromatic N) is 1. The van der Waals surface area contributed by atoms with Crippen molar-refractivity contribution in [1.82, 2.24) is 0 Å². The van der Waals surface area contributed by atoms with Gasteiger partial charge in [-0.05, 0) is 62.4 Å². The first kappa shape index (κ1) is 21.4. The van der Waals surface area contributed by atoms with Crippen molar-refractivity contribution in [2.24, 2.45) is 0 Å². The van der Waals surface area contributed by atoms with Gasteiger partial charge in [0.05, 0.1) is 10.6 Å². The SMILES string of the molecule is CCN(c1ccccc1)S(=O)(=O)c1ccc(NC(=O)C(C)Oc2ccccc2)cc1. The normalized spacial score (nSPS) is 12.1. The summed E-state index contributed by atoms with van der Waals surface area (Å²) >= 11 is 0. The zero-order chi connectivity index (χ0) is 21.6. The topological polar surface area (TPSA) is 75.7 Å². The summed E-state index contributed by atoms with van der Waals surface area (Å²) in [7, 11) is -3.71. The van der Waals surface area contributed by atoms with Crippen molar-refractivity contribution in [2.75, 3.05) is 16.2 Å². The lowest BCUT2D eigenvalue weighted by Gasteiger charge is -2.23. The minimum atomic E-state index is -3.71. The number of ether oxygens (including phenoxy) is 1. The Morgan fingerprint density at radius 1 is 0.933 bits per heavy atom. The van der Waals surface area contributed by atoms with Crippen LogP contribution in [0.5, 0.6) is 5.75 Å². The first-order valence-corrected chi connectivity index (χ1v) is 11.1. The fraction of sp³-hybridized carbons (Fsp3) is 0.174. The molecule has 0 heterocycles. The van der Waals surface area contributed by atoms with Crippen molar-refractivity contribution in [3.8, 4) is 5.75 Å². The van der Waals surface area contributed by atoms with Crippen LogP contribution in [0.2, 0.25) is 0 Å². The molecular weight excluding hydrogens is 400 g/mol. The number of nitrogens with one attached hydrogen (secondary N) is 1. The average molecular weight is 425 g/mol. The molecule has 6 nitrogen and oxygen atoms in total. The number of carbonyl (C=O) groups excluding carboxylic acids is 1. The Morgan fingerprint density at radius 3 is 2.07 bits per heavy atom. The number of benzene rings is 3. The van der Waals surface area contributed by atoms with Crippen molar-refractivity contribution in [3.05, 3.63) is 84.9 Å². The third-order valence-electron chi connectivity index (χ3n) is 4.47. The number of rotatable bonds is 8. The van der Waals surface area contributed by atoms with Gasteiger partial charge in [-0.15, -0.1) is 0 Å². The molecule has 7 heteroatoms. The van der Waals surface area contributed by atoms with Gasteiger partial charge in [0.1, 0.15) is 5.75 Å². The average Bonchev–Trinajstić information content (AvgIpc) is 2.76. The molecule has 0 aliphatic rings. The monoisotopic (exact) mass is 424 g/mol. The summed E-state index contributed by atoms with van der Waals surface area (Å²) in [5.74, 6) is 0.274. The maximum absolute atomic E-state index is 13.0. The number of anilines is 2. The molecule has 3 aromatic carbocycles. The molecule has 3 aromatic rings. The Bertz CT molecular complexity index is 1070. The van der Waals surface area contributed by atoms with Gasteiger partial charge in [0.25, 0.3) is 15.9 Å². The highest BCUT2D eigenvalue weighted by molar-refractivity contribution is 7.92. The summed E-state index contributed by atoms with van der Waals surface area (Å²) in [5.41, 5.74) is 1.09. The molecule has 1 amide bonds. The van der Waals surface area contributed by atoms with Crippen molar-refractivity contribution in [1.29, 1.82) is 0 Å². The summed E-state index contributed by atoms with van der Waals surface area (Å²) in [6, 6.07) is 24.1. The zero-order valence-electron chi connectivity index (χ0n) is 16.9. The molecule has 0 aliphatic carbocycles. The van der Waals surface area contributed by atoms with Gasteiger partial charge in [-0.2, -0.15) is 0 Å². The van der Waals surface area contributed by atoms with Gasteiger partial charge >= 0.3 is 0 Å². The number of amides is 1. The highest BCUT2D eigenvalue weighted by Gasteiger charge is 2.23. The van der Waals surface area contributed by atoms with Gasteiger partial charge < -0.3 is 10.1 Å². The second-order valence-electron chi connectivity index (χ2n) is 6.59. The fourth-order valence-corrected chi connectivity index (χ4v) is 4.40. The van der Waals surface area contributed by atoms with E-state index < -0.39 is 16.1 Å². The molecule has 1 N–H and O–H groups in total. The molecule has 0 radical (unpaired) electrons. The predicted octanol–water partition coefficient (Wildman–Crippen LogP) is 4.31. The smallest absolute Gasteiger partial charge is 0.265 e. The Morgan fingerprint density at radius 2 is 1.50 bits per heavy atom. The summed E-state index contributed by atoms with van der Waals surface area (Å²) in [4.78, 5) is 12.5. The predicted molar refractivity (Wildman–Crippen MR) is 118 cm³/mol. The van der Waals surface area contributed by atoms with E-state index >= 15 is 0 Å². The van der Waals surface area contributed by atoms with Crippen LogP contribution in [0, 0.1) is 0 Å². The largest absolute Gasteiger partial charge is 0.481 e. The fourth-order valence-electron chi connectivity index (χ4n) is 2.92. The lowest BCUT2D eigenvalue weighted by Crippen LogP contribution is -2.31. The second-order valence-corrected chi connectivity index (χ2v) is 8.45. The van der Waals surface area contributed by atoms with Gasteiger partial charge in [0.2, 0.25) is 0 Å². The number of hydrogen-bond acceptors (Lipinski definition) is 4. The van der Waals surface area contributed by atoms with Crippen molar-refractivity contribution in [3.63, 3.8) is 0 Å². The molecule has 1 unspecified atom stereocenters. The van der Waals surface area contributed by atoms with Crippen LogP contribution in [0.4, 0.5) is 11.4 Å². The van der Waals surface area contributed by atoms with Crippen LogP contribution in [-0.4, -0.2) is 27.0 Å². The lowest BCUT2D eigenvalue weighted by molar-refractivity contribution is -0.122. The molecule has 0 fully saturated rings. The molecule has 30 heavy (non-hydrogen) atoms. The minimum absolute atomic E-state index is 0.153. The molecular formula is C23H24N2O4S. The van der Waals surface area contributed by atoms with Gasteiger partial charge in [-0.3, -0.25) is 9.10 Å². The highest BCUT2D eigenvalue weighted by atomic mass is 32.2. The maximum Gasteiger partial charge on any atom is 0.265 e. The molecule has 156 valence electrons. The number of para-hydroxylation sites is 2. The van der Waals surface area contributed by atoms with Crippen LogP contribution in [0.3, 0.4) is 0 Å². The quantitative estimate of drug-likeness (QED) is 0.585. The summed E-state index contributed by atoms with van der Waals surface area (Å²) in [6.07, 6.45) is -0.704. The molecule has 0 aromatic heterocycles. The van der Waals surface area contributed by atoms with Crippen LogP contribution in [0.15, 0.2) is 89.8 Å². The van der Waals surface area contributed by atoms with E-state index in [0.29, 0.717) is 23.7 Å². The van der Waals surface area contributed by atoms with Crippen LogP contribution in [0.1, 0.15) is 13.8 Å². The van der Waals surface area contributed by atoms with E-state index in [2.05, 4.69) is 5.32 Å². The van der Waals surface area contributed by atoms with E-state index in [-0.39, 0.29) is 10.8 Å². The molecule has 3 rings (SSSR count). The zero-order valence-corrected chi connectivity index (χ0v) is 17.7. The maximum atomic E-state index is 13.0. The molecule has 0 aliphatic heterocycles. The molecule has 0 saturated heterocycles. The van der Waals surface area contributed by atoms with Crippen LogP contribution >= 0.6 is 0 Å². The number of hydrogen-bond donors (Lipinski definition) is 1. The third kappa shape index (κ3) is 4.99. The summed E-state index contributed by atoms with van der Waals surface area (Å²) in [5, 5.41) is 2.74. The van der Waals surface area contributed by atoms with Crippen molar-refractivity contribution < 1.29 is 17.9 Å². The van der Waals surface area contributed by atoms with Gasteiger partial charge in [0, 0.05) is 12.2 Å². The minimum Gasteiger partial charge on any atom is -0.481 e. The summed E-state index contributed by atoms with van der Waals surface area (Å²) < 4.78 is 33.0. The van der Waals surface area contributed by atoms with E-state index in [9.17, 15) is 13.2 Å². The number of carbonyl (C=O) groups is 1. The van der Waals surface area contributed by atoms with Crippen LogP contribution in [-0.2, 0) is 14.8 Å². The Hall–Kier alpha value is -3.32. The van der Waals surface area contributed by atoms with E-state index in [1.807, 2.05) is 24.3 Å². The third-order valence-corrected chi connectivity index (χ3v) is 6.38. The lowest BCUT2D eigenvalue weighted by atomic mass is 10.3.